The predicted molar refractivity (Wildman–Crippen MR) is 145 cm³/mol. The summed E-state index contributed by atoms with van der Waals surface area (Å²) in [6.07, 6.45) is 2.69. The first-order chi connectivity index (χ1) is 18.0. The van der Waals surface area contributed by atoms with Crippen molar-refractivity contribution in [3.8, 4) is 23.0 Å². The maximum atomic E-state index is 13.2. The largest absolute Gasteiger partial charge is 0.507 e. The Hall–Kier alpha value is -3.75. The maximum Gasteiger partial charge on any atom is 0.250 e. The van der Waals surface area contributed by atoms with Crippen LogP contribution in [0.2, 0.25) is 0 Å². The average molecular weight is 537 g/mol. The van der Waals surface area contributed by atoms with Crippen molar-refractivity contribution in [2.45, 2.75) is 25.4 Å². The van der Waals surface area contributed by atoms with Crippen LogP contribution in [0.3, 0.4) is 0 Å². The van der Waals surface area contributed by atoms with Crippen LogP contribution in [0.15, 0.2) is 59.1 Å². The number of piperidine rings is 1. The number of hydrogen-bond acceptors (Lipinski definition) is 7. The summed E-state index contributed by atoms with van der Waals surface area (Å²) in [5.74, 6) is 2.07. The van der Waals surface area contributed by atoms with Crippen LogP contribution in [0.5, 0.6) is 23.0 Å². The van der Waals surface area contributed by atoms with E-state index in [-0.39, 0.29) is 41.2 Å². The molecule has 0 spiro atoms. The summed E-state index contributed by atoms with van der Waals surface area (Å²) in [5, 5.41) is 10.8. The molecule has 1 fully saturated rings. The molecule has 0 amide bonds. The number of fused-ring (bicyclic) bond motifs is 5. The molecule has 0 aliphatic carbocycles. The number of methoxy groups -OCH3 is 2. The number of nitrogens with zero attached hydrogens (tertiary/aromatic N) is 2. The van der Waals surface area contributed by atoms with Gasteiger partial charge in [-0.25, -0.2) is 0 Å². The number of para-hydroxylation sites is 1. The van der Waals surface area contributed by atoms with E-state index in [9.17, 15) is 14.7 Å². The number of carbonyl (C=O) groups excluding carboxylic acids is 1. The minimum absolute atomic E-state index is 0. The quantitative estimate of drug-likeness (QED) is 0.488. The number of hydrogen-bond donors (Lipinski definition) is 1. The lowest BCUT2D eigenvalue weighted by Gasteiger charge is -2.42. The molecule has 0 saturated carbocycles. The van der Waals surface area contributed by atoms with E-state index in [4.69, 9.17) is 14.2 Å². The fraction of sp³-hybridized carbons (Fsp3) is 0.310. The standard InChI is InChI=1S/C29H28N2O6.ClH/c1-35-24-7-3-5-18(28(24)36-2)12-25-27(34)20-9-10-23(32)21(29(20)37-25)16-30-13-17-11-19(15-30)22-6-4-8-26(33)31(22)14-17;/h3-10,12,17,19,32H,11,13-16H2,1-2H3;1H/b25-12-;/t17-,19?;/m1./s1. The third-order valence-corrected chi connectivity index (χ3v) is 7.57. The van der Waals surface area contributed by atoms with Crippen LogP contribution in [0.25, 0.3) is 6.08 Å². The van der Waals surface area contributed by atoms with Crippen LogP contribution in [0.1, 0.15) is 39.5 Å². The lowest BCUT2D eigenvalue weighted by atomic mass is 9.83. The van der Waals surface area contributed by atoms with E-state index < -0.39 is 0 Å². The average Bonchev–Trinajstić information content (AvgIpc) is 3.21. The minimum atomic E-state index is -0.245. The Bertz CT molecular complexity index is 1500. The number of phenolic OH excluding ortho intramolecular Hbond substituents is 1. The molecule has 6 rings (SSSR count). The molecule has 9 heteroatoms. The van der Waals surface area contributed by atoms with Crippen LogP contribution >= 0.6 is 12.4 Å². The van der Waals surface area contributed by atoms with Gasteiger partial charge in [0, 0.05) is 49.4 Å². The third-order valence-electron chi connectivity index (χ3n) is 7.57. The molecule has 198 valence electrons. The van der Waals surface area contributed by atoms with Crippen LogP contribution < -0.4 is 19.8 Å². The van der Waals surface area contributed by atoms with Crippen LogP contribution in [-0.4, -0.2) is 47.7 Å². The highest BCUT2D eigenvalue weighted by molar-refractivity contribution is 6.15. The van der Waals surface area contributed by atoms with E-state index >= 15 is 0 Å². The van der Waals surface area contributed by atoms with Crippen molar-refractivity contribution >= 4 is 24.3 Å². The monoisotopic (exact) mass is 536 g/mol. The van der Waals surface area contributed by atoms with E-state index in [1.54, 1.807) is 44.6 Å². The highest BCUT2D eigenvalue weighted by atomic mass is 35.5. The van der Waals surface area contributed by atoms with E-state index in [1.807, 2.05) is 28.8 Å². The van der Waals surface area contributed by atoms with Gasteiger partial charge >= 0.3 is 0 Å². The van der Waals surface area contributed by atoms with Crippen molar-refractivity contribution in [3.05, 3.63) is 87.0 Å². The number of likely N-dealkylation sites (tertiary alicyclic amines) is 1. The molecular formula is C29H29ClN2O6. The number of phenols is 1. The number of aromatic hydroxyl groups is 1. The Morgan fingerprint density at radius 3 is 2.63 bits per heavy atom. The first-order valence-electron chi connectivity index (χ1n) is 12.4. The van der Waals surface area contributed by atoms with Crippen molar-refractivity contribution in [3.63, 3.8) is 0 Å². The summed E-state index contributed by atoms with van der Waals surface area (Å²) >= 11 is 0. The van der Waals surface area contributed by atoms with Gasteiger partial charge in [0.1, 0.15) is 11.5 Å². The van der Waals surface area contributed by atoms with Gasteiger partial charge in [-0.2, -0.15) is 0 Å². The van der Waals surface area contributed by atoms with Gasteiger partial charge in [0.2, 0.25) is 5.78 Å². The molecule has 2 bridgehead atoms. The number of pyridine rings is 1. The topological polar surface area (TPSA) is 90.2 Å². The fourth-order valence-corrected chi connectivity index (χ4v) is 5.96. The van der Waals surface area contributed by atoms with E-state index in [0.29, 0.717) is 52.9 Å². The summed E-state index contributed by atoms with van der Waals surface area (Å²) in [7, 11) is 3.10. The second-order valence-electron chi connectivity index (χ2n) is 9.85. The Balaban J connectivity index is 0.00000294. The second kappa shape index (κ2) is 10.2. The van der Waals surface area contributed by atoms with Gasteiger partial charge < -0.3 is 23.9 Å². The third kappa shape index (κ3) is 4.33. The molecule has 2 aromatic carbocycles. The molecule has 1 aromatic heterocycles. The molecular weight excluding hydrogens is 508 g/mol. The van der Waals surface area contributed by atoms with E-state index in [0.717, 1.165) is 25.2 Å². The van der Waals surface area contributed by atoms with Crippen molar-refractivity contribution < 1.29 is 24.1 Å². The zero-order chi connectivity index (χ0) is 25.7. The molecule has 1 N–H and O–H groups in total. The molecule has 1 saturated heterocycles. The Morgan fingerprint density at radius 1 is 1.03 bits per heavy atom. The maximum absolute atomic E-state index is 13.2. The molecule has 1 unspecified atom stereocenters. The van der Waals surface area contributed by atoms with Gasteiger partial charge in [-0.3, -0.25) is 14.5 Å². The highest BCUT2D eigenvalue weighted by Gasteiger charge is 2.37. The fourth-order valence-electron chi connectivity index (χ4n) is 5.96. The van der Waals surface area contributed by atoms with Crippen molar-refractivity contribution in [1.29, 1.82) is 0 Å². The normalized spacial score (nSPS) is 20.8. The van der Waals surface area contributed by atoms with Crippen LogP contribution in [0, 0.1) is 5.92 Å². The molecule has 38 heavy (non-hydrogen) atoms. The molecule has 0 radical (unpaired) electrons. The van der Waals surface area contributed by atoms with E-state index in [1.165, 1.54) is 0 Å². The first-order valence-corrected chi connectivity index (χ1v) is 12.4. The summed E-state index contributed by atoms with van der Waals surface area (Å²) in [5.41, 5.74) is 2.80. The Labute approximate surface area is 226 Å². The van der Waals surface area contributed by atoms with Gasteiger partial charge in [-0.1, -0.05) is 18.2 Å². The number of rotatable bonds is 5. The Morgan fingerprint density at radius 2 is 1.84 bits per heavy atom. The SMILES string of the molecule is COc1cccc(/C=C2\Oc3c(ccc(O)c3CN3CC4C[C@H](C3)Cn3c4cccc3=O)C2=O)c1OC.Cl. The number of aromatic nitrogens is 1. The van der Waals surface area contributed by atoms with Crippen molar-refractivity contribution in [2.24, 2.45) is 5.92 Å². The minimum Gasteiger partial charge on any atom is -0.507 e. The first kappa shape index (κ1) is 25.9. The summed E-state index contributed by atoms with van der Waals surface area (Å²) < 4.78 is 18.9. The van der Waals surface area contributed by atoms with Crippen LogP contribution in [0.4, 0.5) is 0 Å². The molecule has 3 aliphatic rings. The molecule has 4 heterocycles. The van der Waals surface area contributed by atoms with Gasteiger partial charge in [0.15, 0.2) is 17.3 Å². The lowest BCUT2D eigenvalue weighted by Crippen LogP contribution is -2.46. The summed E-state index contributed by atoms with van der Waals surface area (Å²) in [6, 6.07) is 14.1. The summed E-state index contributed by atoms with van der Waals surface area (Å²) in [4.78, 5) is 27.9. The Kier molecular flexibility index (Phi) is 6.94. The number of Topliss-reactive ketones (excluding diaryl/α,β-unsaturated/α-hetero) is 1. The van der Waals surface area contributed by atoms with E-state index in [2.05, 4.69) is 4.90 Å². The predicted octanol–water partition coefficient (Wildman–Crippen LogP) is 4.23. The molecule has 2 atom stereocenters. The zero-order valence-corrected chi connectivity index (χ0v) is 22.0. The molecule has 3 aromatic rings. The summed E-state index contributed by atoms with van der Waals surface area (Å²) in [6.45, 7) is 2.71. The number of benzene rings is 2. The van der Waals surface area contributed by atoms with Gasteiger partial charge in [-0.15, -0.1) is 12.4 Å². The van der Waals surface area contributed by atoms with Crippen molar-refractivity contribution in [1.82, 2.24) is 9.47 Å². The highest BCUT2D eigenvalue weighted by Crippen LogP contribution is 2.43. The number of ether oxygens (including phenoxy) is 3. The number of halogens is 1. The number of allylic oxidation sites excluding steroid dienone is 1. The van der Waals surface area contributed by atoms with Crippen molar-refractivity contribution in [2.75, 3.05) is 27.3 Å². The second-order valence-corrected chi connectivity index (χ2v) is 9.85. The van der Waals surface area contributed by atoms with Crippen LogP contribution in [-0.2, 0) is 13.1 Å². The number of carbonyl (C=O) groups is 1. The molecule has 3 aliphatic heterocycles. The van der Waals surface area contributed by atoms with Gasteiger partial charge in [-0.05, 0) is 42.7 Å². The lowest BCUT2D eigenvalue weighted by molar-refractivity contribution is 0.101. The zero-order valence-electron chi connectivity index (χ0n) is 21.2. The molecule has 8 nitrogen and oxygen atoms in total. The number of ketones is 1. The smallest absolute Gasteiger partial charge is 0.250 e. The van der Waals surface area contributed by atoms with Gasteiger partial charge in [0.25, 0.3) is 5.56 Å². The van der Waals surface area contributed by atoms with Gasteiger partial charge in [0.05, 0.1) is 25.3 Å².